The fraction of sp³-hybridized carbons (Fsp3) is 0.294. The zero-order chi connectivity index (χ0) is 14.7. The molecular weight excluding hydrogens is 269 g/mol. The highest BCUT2D eigenvalue weighted by atomic mass is 19.1. The maximum absolute atomic E-state index is 13.4. The summed E-state index contributed by atoms with van der Waals surface area (Å²) in [6, 6.07) is 10.7. The Labute approximate surface area is 123 Å². The van der Waals surface area contributed by atoms with E-state index in [2.05, 4.69) is 5.32 Å². The third-order valence-corrected chi connectivity index (χ3v) is 3.49. The Balaban J connectivity index is 2.02. The molecule has 1 aliphatic heterocycles. The number of fused-ring (bicyclic) bond motifs is 1. The van der Waals surface area contributed by atoms with Crippen LogP contribution in [0.1, 0.15) is 12.0 Å². The lowest BCUT2D eigenvalue weighted by atomic mass is 9.99. The van der Waals surface area contributed by atoms with Crippen LogP contribution in [0, 0.1) is 5.82 Å². The number of benzene rings is 2. The van der Waals surface area contributed by atoms with E-state index in [1.165, 1.54) is 6.07 Å². The fourth-order valence-corrected chi connectivity index (χ4v) is 2.51. The Morgan fingerprint density at radius 1 is 1.05 bits per heavy atom. The van der Waals surface area contributed by atoms with Crippen molar-refractivity contribution in [1.82, 2.24) is 5.32 Å². The first kappa shape index (κ1) is 13.9. The van der Waals surface area contributed by atoms with Gasteiger partial charge in [0.1, 0.15) is 5.82 Å². The molecule has 0 unspecified atom stereocenters. The van der Waals surface area contributed by atoms with Gasteiger partial charge >= 0.3 is 0 Å². The summed E-state index contributed by atoms with van der Waals surface area (Å²) in [6.07, 6.45) is 0.881. The molecule has 0 saturated heterocycles. The number of hydrogen-bond acceptors (Lipinski definition) is 3. The van der Waals surface area contributed by atoms with Gasteiger partial charge in [0, 0.05) is 13.0 Å². The van der Waals surface area contributed by atoms with Crippen LogP contribution in [-0.2, 0) is 6.54 Å². The first-order valence-electron chi connectivity index (χ1n) is 7.11. The molecule has 0 aromatic heterocycles. The van der Waals surface area contributed by atoms with Crippen LogP contribution >= 0.6 is 0 Å². The Morgan fingerprint density at radius 3 is 2.67 bits per heavy atom. The molecule has 0 spiro atoms. The summed E-state index contributed by atoms with van der Waals surface area (Å²) in [5, 5.41) is 3.07. The summed E-state index contributed by atoms with van der Waals surface area (Å²) >= 11 is 0. The van der Waals surface area contributed by atoms with Crippen molar-refractivity contribution in [3.05, 3.63) is 47.8 Å². The smallest absolute Gasteiger partial charge is 0.161 e. The molecule has 1 aliphatic rings. The lowest BCUT2D eigenvalue weighted by Crippen LogP contribution is -2.06. The number of nitrogens with one attached hydrogen (secondary N) is 1. The minimum Gasteiger partial charge on any atom is -0.490 e. The molecule has 2 aromatic carbocycles. The first-order chi connectivity index (χ1) is 10.3. The predicted octanol–water partition coefficient (Wildman–Crippen LogP) is 3.37. The van der Waals surface area contributed by atoms with E-state index in [4.69, 9.17) is 9.47 Å². The number of hydrogen-bond donors (Lipinski definition) is 1. The molecule has 3 nitrogen and oxygen atoms in total. The summed E-state index contributed by atoms with van der Waals surface area (Å²) in [5.41, 5.74) is 2.93. The molecular formula is C17H18FNO2. The summed E-state index contributed by atoms with van der Waals surface area (Å²) in [7, 11) is 1.85. The molecule has 21 heavy (non-hydrogen) atoms. The van der Waals surface area contributed by atoms with E-state index in [-0.39, 0.29) is 5.82 Å². The van der Waals surface area contributed by atoms with Crippen molar-refractivity contribution >= 4 is 0 Å². The average Bonchev–Trinajstić information content (AvgIpc) is 2.72. The van der Waals surface area contributed by atoms with Gasteiger partial charge in [0.2, 0.25) is 0 Å². The van der Waals surface area contributed by atoms with Crippen molar-refractivity contribution in [3.63, 3.8) is 0 Å². The van der Waals surface area contributed by atoms with E-state index < -0.39 is 0 Å². The minimum absolute atomic E-state index is 0.224. The third-order valence-electron chi connectivity index (χ3n) is 3.49. The molecule has 0 fully saturated rings. The van der Waals surface area contributed by atoms with E-state index in [0.717, 1.165) is 34.6 Å². The zero-order valence-corrected chi connectivity index (χ0v) is 12.0. The van der Waals surface area contributed by atoms with Crippen LogP contribution in [0.5, 0.6) is 11.5 Å². The lowest BCUT2D eigenvalue weighted by Gasteiger charge is -2.13. The normalized spacial score (nSPS) is 13.8. The third kappa shape index (κ3) is 3.00. The predicted molar refractivity (Wildman–Crippen MR) is 80.2 cm³/mol. The quantitative estimate of drug-likeness (QED) is 0.939. The second-order valence-electron chi connectivity index (χ2n) is 5.04. The van der Waals surface area contributed by atoms with E-state index in [0.29, 0.717) is 19.8 Å². The Kier molecular flexibility index (Phi) is 4.06. The molecule has 2 aromatic rings. The molecule has 1 N–H and O–H groups in total. The van der Waals surface area contributed by atoms with Gasteiger partial charge in [0.05, 0.1) is 13.2 Å². The van der Waals surface area contributed by atoms with Gasteiger partial charge in [-0.05, 0) is 48.0 Å². The largest absolute Gasteiger partial charge is 0.490 e. The van der Waals surface area contributed by atoms with Crippen molar-refractivity contribution in [1.29, 1.82) is 0 Å². The Bertz CT molecular complexity index is 643. The summed E-state index contributed by atoms with van der Waals surface area (Å²) in [5.74, 6) is 1.30. The first-order valence-corrected chi connectivity index (χ1v) is 7.11. The maximum Gasteiger partial charge on any atom is 0.161 e. The molecule has 1 heterocycles. The monoisotopic (exact) mass is 287 g/mol. The van der Waals surface area contributed by atoms with Gasteiger partial charge in [0.25, 0.3) is 0 Å². The van der Waals surface area contributed by atoms with Crippen molar-refractivity contribution < 1.29 is 13.9 Å². The molecule has 0 amide bonds. The SMILES string of the molecule is CNCc1cc(F)ccc1-c1ccc2c(c1)OCCCO2. The highest BCUT2D eigenvalue weighted by molar-refractivity contribution is 5.70. The number of ether oxygens (including phenoxy) is 2. The second kappa shape index (κ2) is 6.14. The van der Waals surface area contributed by atoms with Crippen LogP contribution in [0.4, 0.5) is 4.39 Å². The summed E-state index contributed by atoms with van der Waals surface area (Å²) in [4.78, 5) is 0. The van der Waals surface area contributed by atoms with Crippen LogP contribution < -0.4 is 14.8 Å². The fourth-order valence-electron chi connectivity index (χ4n) is 2.51. The van der Waals surface area contributed by atoms with Crippen molar-refractivity contribution in [2.24, 2.45) is 0 Å². The van der Waals surface area contributed by atoms with Crippen LogP contribution in [0.25, 0.3) is 11.1 Å². The maximum atomic E-state index is 13.4. The van der Waals surface area contributed by atoms with E-state index >= 15 is 0 Å². The van der Waals surface area contributed by atoms with Gasteiger partial charge in [-0.1, -0.05) is 12.1 Å². The van der Waals surface area contributed by atoms with Crippen LogP contribution in [0.15, 0.2) is 36.4 Å². The zero-order valence-electron chi connectivity index (χ0n) is 12.0. The van der Waals surface area contributed by atoms with Crippen molar-refractivity contribution in [3.8, 4) is 22.6 Å². The molecule has 4 heteroatoms. The molecule has 0 saturated carbocycles. The van der Waals surface area contributed by atoms with Gasteiger partial charge in [0.15, 0.2) is 11.5 Å². The van der Waals surface area contributed by atoms with Crippen molar-refractivity contribution in [2.45, 2.75) is 13.0 Å². The second-order valence-corrected chi connectivity index (χ2v) is 5.04. The molecule has 0 atom stereocenters. The van der Waals surface area contributed by atoms with E-state index in [9.17, 15) is 4.39 Å². The van der Waals surface area contributed by atoms with Crippen molar-refractivity contribution in [2.75, 3.05) is 20.3 Å². The van der Waals surface area contributed by atoms with Crippen LogP contribution in [-0.4, -0.2) is 20.3 Å². The summed E-state index contributed by atoms with van der Waals surface area (Å²) in [6.45, 7) is 1.94. The van der Waals surface area contributed by atoms with E-state index in [1.54, 1.807) is 12.1 Å². The van der Waals surface area contributed by atoms with Gasteiger partial charge in [-0.3, -0.25) is 0 Å². The van der Waals surface area contributed by atoms with Gasteiger partial charge in [-0.2, -0.15) is 0 Å². The molecule has 3 rings (SSSR count). The lowest BCUT2D eigenvalue weighted by molar-refractivity contribution is 0.297. The highest BCUT2D eigenvalue weighted by Gasteiger charge is 2.13. The summed E-state index contributed by atoms with van der Waals surface area (Å²) < 4.78 is 24.8. The molecule has 0 aliphatic carbocycles. The Morgan fingerprint density at radius 2 is 1.86 bits per heavy atom. The average molecular weight is 287 g/mol. The van der Waals surface area contributed by atoms with Gasteiger partial charge in [-0.15, -0.1) is 0 Å². The molecule has 0 radical (unpaired) electrons. The highest BCUT2D eigenvalue weighted by Crippen LogP contribution is 2.35. The van der Waals surface area contributed by atoms with Crippen LogP contribution in [0.3, 0.4) is 0 Å². The Hall–Kier alpha value is -2.07. The van der Waals surface area contributed by atoms with Gasteiger partial charge < -0.3 is 14.8 Å². The molecule has 110 valence electrons. The van der Waals surface area contributed by atoms with Gasteiger partial charge in [-0.25, -0.2) is 4.39 Å². The molecule has 0 bridgehead atoms. The van der Waals surface area contributed by atoms with E-state index in [1.807, 2.05) is 25.2 Å². The van der Waals surface area contributed by atoms with Crippen LogP contribution in [0.2, 0.25) is 0 Å². The number of halogens is 1. The standard InChI is InChI=1S/C17H18FNO2/c1-19-11-13-9-14(18)4-5-15(13)12-3-6-16-17(10-12)21-8-2-7-20-16/h3-6,9-10,19H,2,7-8,11H2,1H3. The topological polar surface area (TPSA) is 30.5 Å². The number of rotatable bonds is 3. The minimum atomic E-state index is -0.224.